The van der Waals surface area contributed by atoms with E-state index in [0.717, 1.165) is 45.9 Å². The fraction of sp³-hybridized carbons (Fsp3) is 0.345. The van der Waals surface area contributed by atoms with Crippen molar-refractivity contribution in [2.75, 3.05) is 13.7 Å². The number of carbonyl (C=O) groups excluding carboxylic acids is 1. The second-order valence-electron chi connectivity index (χ2n) is 8.76. The Morgan fingerprint density at radius 1 is 1.03 bits per heavy atom. The molecule has 7 heteroatoms. The first-order valence-electron chi connectivity index (χ1n) is 12.2. The van der Waals surface area contributed by atoms with Crippen molar-refractivity contribution in [2.45, 2.75) is 61.0 Å². The SMILES string of the molecule is CCCC(CO)(CCCc1ccc(Sc2cccc(OCc3ccccc3)c2)cc1Cl)NC(=O)OC. The van der Waals surface area contributed by atoms with Gasteiger partial charge in [-0.25, -0.2) is 4.79 Å². The molecule has 0 saturated heterocycles. The maximum absolute atomic E-state index is 11.8. The smallest absolute Gasteiger partial charge is 0.407 e. The molecular formula is C29H34ClNO4S. The van der Waals surface area contributed by atoms with Gasteiger partial charge in [-0.3, -0.25) is 0 Å². The number of aliphatic hydroxyl groups excluding tert-OH is 1. The van der Waals surface area contributed by atoms with Crippen LogP contribution in [0.1, 0.15) is 43.7 Å². The number of amides is 1. The predicted octanol–water partition coefficient (Wildman–Crippen LogP) is 7.28. The van der Waals surface area contributed by atoms with Crippen molar-refractivity contribution in [3.63, 3.8) is 0 Å². The molecule has 3 aromatic carbocycles. The Kier molecular flexibility index (Phi) is 11.0. The summed E-state index contributed by atoms with van der Waals surface area (Å²) < 4.78 is 10.7. The fourth-order valence-corrected chi connectivity index (χ4v) is 5.36. The Morgan fingerprint density at radius 3 is 2.50 bits per heavy atom. The van der Waals surface area contributed by atoms with Crippen LogP contribution in [0.2, 0.25) is 5.02 Å². The van der Waals surface area contributed by atoms with Crippen LogP contribution < -0.4 is 10.1 Å². The Hall–Kier alpha value is -2.67. The third-order valence-corrected chi connectivity index (χ3v) is 7.33. The lowest BCUT2D eigenvalue weighted by molar-refractivity contribution is 0.113. The van der Waals surface area contributed by atoms with Crippen LogP contribution in [-0.2, 0) is 17.8 Å². The van der Waals surface area contributed by atoms with E-state index in [9.17, 15) is 9.90 Å². The molecule has 0 saturated carbocycles. The third kappa shape index (κ3) is 8.47. The Labute approximate surface area is 223 Å². The highest BCUT2D eigenvalue weighted by Crippen LogP contribution is 2.33. The molecule has 192 valence electrons. The maximum Gasteiger partial charge on any atom is 0.407 e. The van der Waals surface area contributed by atoms with E-state index in [0.29, 0.717) is 24.5 Å². The second kappa shape index (κ2) is 14.2. The largest absolute Gasteiger partial charge is 0.489 e. The number of carbonyl (C=O) groups is 1. The highest BCUT2D eigenvalue weighted by molar-refractivity contribution is 7.99. The minimum atomic E-state index is -0.683. The zero-order valence-corrected chi connectivity index (χ0v) is 22.4. The summed E-state index contributed by atoms with van der Waals surface area (Å²) in [6.07, 6.45) is 3.16. The van der Waals surface area contributed by atoms with E-state index in [1.165, 1.54) is 7.11 Å². The van der Waals surface area contributed by atoms with Gasteiger partial charge in [0.2, 0.25) is 0 Å². The van der Waals surface area contributed by atoms with Gasteiger partial charge in [-0.15, -0.1) is 0 Å². The number of ether oxygens (including phenoxy) is 2. The van der Waals surface area contributed by atoms with Crippen molar-refractivity contribution >= 4 is 29.5 Å². The second-order valence-corrected chi connectivity index (χ2v) is 10.3. The molecule has 0 aliphatic rings. The summed E-state index contributed by atoms with van der Waals surface area (Å²) in [5, 5.41) is 13.5. The summed E-state index contributed by atoms with van der Waals surface area (Å²) in [5.74, 6) is 0.826. The van der Waals surface area contributed by atoms with Gasteiger partial charge in [-0.2, -0.15) is 0 Å². The molecule has 0 bridgehead atoms. The molecule has 0 heterocycles. The van der Waals surface area contributed by atoms with Gasteiger partial charge in [0.25, 0.3) is 0 Å². The van der Waals surface area contributed by atoms with E-state index in [1.54, 1.807) is 11.8 Å². The van der Waals surface area contributed by atoms with Gasteiger partial charge < -0.3 is 19.9 Å². The van der Waals surface area contributed by atoms with Crippen LogP contribution in [0, 0.1) is 0 Å². The van der Waals surface area contributed by atoms with Crippen molar-refractivity contribution in [3.05, 3.63) is 88.9 Å². The van der Waals surface area contributed by atoms with Crippen molar-refractivity contribution in [1.82, 2.24) is 5.32 Å². The molecule has 1 atom stereocenters. The summed E-state index contributed by atoms with van der Waals surface area (Å²) in [6, 6.07) is 24.2. The number of nitrogens with one attached hydrogen (secondary N) is 1. The highest BCUT2D eigenvalue weighted by atomic mass is 35.5. The van der Waals surface area contributed by atoms with E-state index in [1.807, 2.05) is 61.5 Å². The average Bonchev–Trinajstić information content (AvgIpc) is 2.89. The fourth-order valence-electron chi connectivity index (χ4n) is 4.11. The molecule has 5 nitrogen and oxygen atoms in total. The first-order valence-corrected chi connectivity index (χ1v) is 13.4. The number of methoxy groups -OCH3 is 1. The van der Waals surface area contributed by atoms with Crippen LogP contribution in [0.3, 0.4) is 0 Å². The molecule has 3 aromatic rings. The van der Waals surface area contributed by atoms with Crippen molar-refractivity contribution < 1.29 is 19.4 Å². The van der Waals surface area contributed by atoms with E-state index in [-0.39, 0.29) is 6.61 Å². The summed E-state index contributed by atoms with van der Waals surface area (Å²) in [5.41, 5.74) is 1.49. The number of hydrogen-bond acceptors (Lipinski definition) is 5. The number of benzene rings is 3. The van der Waals surface area contributed by atoms with Gasteiger partial charge >= 0.3 is 6.09 Å². The quantitative estimate of drug-likeness (QED) is 0.244. The minimum Gasteiger partial charge on any atom is -0.489 e. The maximum atomic E-state index is 11.8. The summed E-state index contributed by atoms with van der Waals surface area (Å²) in [6.45, 7) is 2.43. The van der Waals surface area contributed by atoms with Gasteiger partial charge in [0.1, 0.15) is 12.4 Å². The van der Waals surface area contributed by atoms with E-state index in [4.69, 9.17) is 21.1 Å². The van der Waals surface area contributed by atoms with E-state index < -0.39 is 11.6 Å². The van der Waals surface area contributed by atoms with Crippen LogP contribution in [0.25, 0.3) is 0 Å². The van der Waals surface area contributed by atoms with Crippen molar-refractivity contribution in [1.29, 1.82) is 0 Å². The van der Waals surface area contributed by atoms with E-state index in [2.05, 4.69) is 23.5 Å². The molecule has 1 unspecified atom stereocenters. The normalized spacial score (nSPS) is 12.6. The van der Waals surface area contributed by atoms with E-state index >= 15 is 0 Å². The van der Waals surface area contributed by atoms with Crippen LogP contribution in [-0.4, -0.2) is 30.5 Å². The van der Waals surface area contributed by atoms with Gasteiger partial charge in [-0.05, 0) is 67.1 Å². The third-order valence-electron chi connectivity index (χ3n) is 6.00. The lowest BCUT2D eigenvalue weighted by atomic mass is 9.88. The molecule has 0 radical (unpaired) electrons. The average molecular weight is 528 g/mol. The number of aryl methyl sites for hydroxylation is 1. The van der Waals surface area contributed by atoms with Crippen LogP contribution in [0.5, 0.6) is 5.75 Å². The minimum absolute atomic E-state index is 0.132. The molecule has 0 aliphatic heterocycles. The van der Waals surface area contributed by atoms with Gasteiger partial charge in [0.05, 0.1) is 19.3 Å². The van der Waals surface area contributed by atoms with Gasteiger partial charge in [-0.1, -0.05) is 79.2 Å². The molecule has 1 amide bonds. The summed E-state index contributed by atoms with van der Waals surface area (Å²) >= 11 is 8.25. The molecule has 2 N–H and O–H groups in total. The molecular weight excluding hydrogens is 494 g/mol. The molecule has 36 heavy (non-hydrogen) atoms. The summed E-state index contributed by atoms with van der Waals surface area (Å²) in [7, 11) is 1.33. The lowest BCUT2D eigenvalue weighted by Crippen LogP contribution is -2.51. The topological polar surface area (TPSA) is 67.8 Å². The monoisotopic (exact) mass is 527 g/mol. The van der Waals surface area contributed by atoms with Gasteiger partial charge in [0.15, 0.2) is 0 Å². The van der Waals surface area contributed by atoms with Crippen molar-refractivity contribution in [3.8, 4) is 5.75 Å². The molecule has 0 fully saturated rings. The number of rotatable bonds is 13. The number of alkyl carbamates (subject to hydrolysis) is 1. The number of aliphatic hydroxyl groups is 1. The predicted molar refractivity (Wildman–Crippen MR) is 146 cm³/mol. The Morgan fingerprint density at radius 2 is 1.81 bits per heavy atom. The molecule has 0 spiro atoms. The molecule has 0 aliphatic carbocycles. The standard InChI is InChI=1S/C29H34ClNO4S/c1-3-16-29(21-32,31-28(33)34-2)17-8-11-23-14-15-26(19-27(23)30)36-25-13-7-12-24(18-25)35-20-22-9-5-4-6-10-22/h4-7,9-10,12-15,18-19,32H,3,8,11,16-17,20-21H2,1-2H3,(H,31,33). The van der Waals surface area contributed by atoms with Crippen molar-refractivity contribution in [2.24, 2.45) is 0 Å². The summed E-state index contributed by atoms with van der Waals surface area (Å²) in [4.78, 5) is 13.9. The zero-order valence-electron chi connectivity index (χ0n) is 20.8. The van der Waals surface area contributed by atoms with Crippen LogP contribution in [0.4, 0.5) is 4.79 Å². The number of halogens is 1. The van der Waals surface area contributed by atoms with Gasteiger partial charge in [0, 0.05) is 14.8 Å². The highest BCUT2D eigenvalue weighted by Gasteiger charge is 2.30. The first-order chi connectivity index (χ1) is 17.5. The molecule has 0 aromatic heterocycles. The Bertz CT molecular complexity index is 1110. The number of hydrogen-bond donors (Lipinski definition) is 2. The van der Waals surface area contributed by atoms with Crippen LogP contribution in [0.15, 0.2) is 82.6 Å². The first kappa shape index (κ1) is 27.9. The van der Waals surface area contributed by atoms with Crippen LogP contribution >= 0.6 is 23.4 Å². The zero-order chi connectivity index (χ0) is 25.8. The Balaban J connectivity index is 1.57. The molecule has 3 rings (SSSR count). The lowest BCUT2D eigenvalue weighted by Gasteiger charge is -2.32.